The Hall–Kier alpha value is -5.62. The molecule has 0 radical (unpaired) electrons. The van der Waals surface area contributed by atoms with E-state index in [0.717, 1.165) is 25.0 Å². The van der Waals surface area contributed by atoms with Crippen LogP contribution in [0, 0.1) is 23.7 Å². The molecule has 2 amide bonds. The summed E-state index contributed by atoms with van der Waals surface area (Å²) in [5.41, 5.74) is 9.09. The van der Waals surface area contributed by atoms with Crippen LogP contribution in [0.1, 0.15) is 90.4 Å². The number of carbonyl (C=O) groups is 4. The number of ether oxygens (including phenoxy) is 7. The summed E-state index contributed by atoms with van der Waals surface area (Å²) in [6.45, 7) is 1.07. The Labute approximate surface area is 507 Å². The number of benzene rings is 2. The van der Waals surface area contributed by atoms with Crippen molar-refractivity contribution in [2.24, 2.45) is 0 Å². The van der Waals surface area contributed by atoms with Crippen LogP contribution < -0.4 is 77.8 Å². The molecule has 5 saturated heterocycles. The first-order valence-electron chi connectivity index (χ1n) is 25.5. The summed E-state index contributed by atoms with van der Waals surface area (Å²) in [5.74, 6) is 8.60. The minimum absolute atomic E-state index is 0. The first kappa shape index (κ1) is 63.6. The van der Waals surface area contributed by atoms with Crippen molar-refractivity contribution >= 4 is 59.2 Å². The SMILES string of the molecule is CCOC(=O)c1nc(-c2cccc(C#C[C@]3(O)CCN(C)C3=O)c2)nc(OC2CCOCC2)c1N.CN1CC[C@@](O)(C#Cc2cccc([B-](F)(F)F)c2)C1=O.Nc1c(OC2CCOCC2)nc(Cl)nc1C(=O)OC1CCOCC1.[K+]. The van der Waals surface area contributed by atoms with Crippen molar-refractivity contribution in [2.75, 3.05) is 84.9 Å². The minimum Gasteiger partial charge on any atom is -0.473 e. The van der Waals surface area contributed by atoms with Gasteiger partial charge in [-0.25, -0.2) is 19.6 Å². The number of esters is 2. The molecule has 0 bridgehead atoms. The van der Waals surface area contributed by atoms with E-state index < -0.39 is 47.4 Å². The summed E-state index contributed by atoms with van der Waals surface area (Å²) in [6, 6.07) is 11.5. The molecule has 0 unspecified atom stereocenters. The molecule has 80 heavy (non-hydrogen) atoms. The molecule has 6 N–H and O–H groups in total. The summed E-state index contributed by atoms with van der Waals surface area (Å²) in [7, 11) is 3.16. The van der Waals surface area contributed by atoms with Crippen LogP contribution in [0.3, 0.4) is 0 Å². The third-order valence-corrected chi connectivity index (χ3v) is 13.2. The van der Waals surface area contributed by atoms with Crippen LogP contribution in [0.25, 0.3) is 11.4 Å². The van der Waals surface area contributed by atoms with Gasteiger partial charge in [0.1, 0.15) is 29.7 Å². The van der Waals surface area contributed by atoms with E-state index in [-0.39, 0.29) is 140 Å². The van der Waals surface area contributed by atoms with Gasteiger partial charge in [0.2, 0.25) is 28.2 Å². The van der Waals surface area contributed by atoms with Crippen molar-refractivity contribution in [2.45, 2.75) is 87.8 Å². The number of rotatable bonds is 10. The van der Waals surface area contributed by atoms with E-state index >= 15 is 0 Å². The first-order valence-corrected chi connectivity index (χ1v) is 25.9. The van der Waals surface area contributed by atoms with Gasteiger partial charge in [0.25, 0.3) is 11.8 Å². The molecule has 21 nitrogen and oxygen atoms in total. The molecule has 5 fully saturated rings. The number of halogens is 4. The molecule has 4 aromatic rings. The van der Waals surface area contributed by atoms with Gasteiger partial charge in [-0.2, -0.15) is 9.97 Å². The second-order valence-corrected chi connectivity index (χ2v) is 19.3. The third kappa shape index (κ3) is 17.0. The third-order valence-electron chi connectivity index (χ3n) is 13.0. The summed E-state index contributed by atoms with van der Waals surface area (Å²) in [4.78, 5) is 68.3. The number of nitrogens with zero attached hydrogens (tertiary/aromatic N) is 6. The Morgan fingerprint density at radius 3 is 1.65 bits per heavy atom. The molecule has 7 heterocycles. The van der Waals surface area contributed by atoms with Gasteiger partial charge in [0.15, 0.2) is 17.2 Å². The van der Waals surface area contributed by atoms with Crippen LogP contribution in [-0.4, -0.2) is 174 Å². The van der Waals surface area contributed by atoms with Crippen LogP contribution in [0.15, 0.2) is 48.5 Å². The topological polar surface area (TPSA) is 283 Å². The number of aliphatic hydroxyl groups is 2. The monoisotopic (exact) mass is 1160 g/mol. The second-order valence-electron chi connectivity index (χ2n) is 18.9. The Balaban J connectivity index is 0.000000201. The molecule has 422 valence electrons. The molecular formula is C53H60BClF3KN8O13. The van der Waals surface area contributed by atoms with Crippen molar-refractivity contribution in [3.63, 3.8) is 0 Å². The molecule has 0 spiro atoms. The fraction of sp³-hybridized carbons (Fsp3) is 0.472. The van der Waals surface area contributed by atoms with Crippen LogP contribution in [0.5, 0.6) is 11.8 Å². The Bertz CT molecular complexity index is 3000. The van der Waals surface area contributed by atoms with Gasteiger partial charge in [0.05, 0.1) is 46.2 Å². The van der Waals surface area contributed by atoms with E-state index in [9.17, 15) is 42.3 Å². The van der Waals surface area contributed by atoms with Crippen LogP contribution in [0.2, 0.25) is 5.28 Å². The predicted molar refractivity (Wildman–Crippen MR) is 281 cm³/mol. The number of likely N-dealkylation sites (N-methyl/N-ethyl adjacent to an activating group) is 2. The normalized spacial score (nSPS) is 20.5. The molecule has 2 aromatic heterocycles. The maximum atomic E-state index is 12.6. The zero-order chi connectivity index (χ0) is 56.9. The van der Waals surface area contributed by atoms with E-state index in [0.29, 0.717) is 89.5 Å². The Morgan fingerprint density at radius 2 is 1.18 bits per heavy atom. The zero-order valence-corrected chi connectivity index (χ0v) is 48.6. The maximum Gasteiger partial charge on any atom is 1.00 e. The summed E-state index contributed by atoms with van der Waals surface area (Å²) in [6.07, 6.45) is 4.06. The number of hydrogen-bond acceptors (Lipinski definition) is 19. The van der Waals surface area contributed by atoms with Crippen molar-refractivity contribution < 1.29 is 127 Å². The summed E-state index contributed by atoms with van der Waals surface area (Å²) in [5, 5.41) is 20.5. The largest absolute Gasteiger partial charge is 1.00 e. The molecule has 27 heteroatoms. The average Bonchev–Trinajstić information content (AvgIpc) is 3.86. The number of carbonyl (C=O) groups excluding carboxylic acids is 4. The molecule has 2 aromatic carbocycles. The minimum atomic E-state index is -5.09. The van der Waals surface area contributed by atoms with Gasteiger partial charge < -0.3 is 77.6 Å². The van der Waals surface area contributed by atoms with E-state index in [4.69, 9.17) is 56.2 Å². The van der Waals surface area contributed by atoms with Gasteiger partial charge >= 0.3 is 70.3 Å². The van der Waals surface area contributed by atoms with E-state index in [1.807, 2.05) is 0 Å². The maximum absolute atomic E-state index is 12.6. The van der Waals surface area contributed by atoms with Gasteiger partial charge in [-0.05, 0) is 36.7 Å². The van der Waals surface area contributed by atoms with Crippen molar-refractivity contribution in [3.8, 4) is 46.8 Å². The molecule has 0 saturated carbocycles. The molecule has 5 aliphatic rings. The van der Waals surface area contributed by atoms with Crippen molar-refractivity contribution in [1.29, 1.82) is 0 Å². The quantitative estimate of drug-likeness (QED) is 0.0736. The summed E-state index contributed by atoms with van der Waals surface area (Å²) < 4.78 is 76.1. The number of aromatic nitrogens is 4. The molecular weight excluding hydrogens is 1100 g/mol. The number of hydrogen-bond donors (Lipinski definition) is 4. The first-order chi connectivity index (χ1) is 37.7. The fourth-order valence-corrected chi connectivity index (χ4v) is 8.60. The van der Waals surface area contributed by atoms with Crippen molar-refractivity contribution in [1.82, 2.24) is 29.7 Å². The van der Waals surface area contributed by atoms with E-state index in [1.165, 1.54) is 29.0 Å². The number of anilines is 2. The number of likely N-dealkylation sites (tertiary alicyclic amines) is 2. The molecule has 5 aliphatic heterocycles. The van der Waals surface area contributed by atoms with E-state index in [2.05, 4.69) is 43.6 Å². The molecule has 2 atom stereocenters. The van der Waals surface area contributed by atoms with Crippen LogP contribution in [0.4, 0.5) is 24.3 Å². The number of amides is 2. The number of nitrogens with two attached hydrogens (primary N) is 2. The van der Waals surface area contributed by atoms with Crippen LogP contribution >= 0.6 is 11.6 Å². The fourth-order valence-electron chi connectivity index (χ4n) is 8.44. The smallest absolute Gasteiger partial charge is 0.473 e. The van der Waals surface area contributed by atoms with Gasteiger partial charge in [-0.1, -0.05) is 54.0 Å². The van der Waals surface area contributed by atoms with Gasteiger partial charge in [0, 0.05) is 95.2 Å². The zero-order valence-electron chi connectivity index (χ0n) is 44.7. The predicted octanol–water partition coefficient (Wildman–Crippen LogP) is 0.701. The average molecular weight is 1160 g/mol. The van der Waals surface area contributed by atoms with E-state index in [1.54, 1.807) is 38.2 Å². The molecule has 9 rings (SSSR count). The number of nitrogen functional groups attached to an aromatic ring is 2. The van der Waals surface area contributed by atoms with Crippen LogP contribution in [-0.2, 0) is 33.3 Å². The van der Waals surface area contributed by atoms with Gasteiger partial charge in [-0.3, -0.25) is 9.59 Å². The van der Waals surface area contributed by atoms with Gasteiger partial charge in [-0.15, -0.1) is 5.46 Å². The Kier molecular flexibility index (Phi) is 22.9. The Morgan fingerprint density at radius 1 is 0.713 bits per heavy atom. The summed E-state index contributed by atoms with van der Waals surface area (Å²) >= 11 is 5.92. The standard InChI is InChI=1S/C25H28N4O6.C15H20ClN3O5.C13H12BF3NO2.K/c1-3-34-23(30)20-19(26)22(35-18-8-13-33-14-9-18)28-21(27-20)17-6-4-5-16(15-17)7-10-25(32)11-12-29(2)24(25)31;16-15-18-12(14(20)24-10-3-7-22-8-4-10)11(17)13(19-15)23-9-1-5-21-6-2-9;1-18-8-7-13(20,12(18)19)6-5-10-3-2-4-11(9-10)14(15,16)17;/h4-6,15,18,32H,3,8-9,11-14,26H2,1-2H3;9-10H,1-8,17H2;2-4,9,20H,7-8H2,1H3;/q;;-1;+1/t25-;;13-;/m0.0./s1. The van der Waals surface area contributed by atoms with Crippen molar-refractivity contribution in [3.05, 3.63) is 76.3 Å². The molecule has 0 aliphatic carbocycles. The second kappa shape index (κ2) is 28.9.